The molecule has 2 aromatic heterocycles. The van der Waals surface area contributed by atoms with Crippen LogP contribution in [0.2, 0.25) is 0 Å². The number of aromatic nitrogens is 3. The lowest BCUT2D eigenvalue weighted by atomic mass is 9.88. The molecule has 3 N–H and O–H groups in total. The summed E-state index contributed by atoms with van der Waals surface area (Å²) in [5.74, 6) is 1.62. The van der Waals surface area contributed by atoms with Gasteiger partial charge in [-0.05, 0) is 50.8 Å². The van der Waals surface area contributed by atoms with Gasteiger partial charge in [-0.2, -0.15) is 0 Å². The van der Waals surface area contributed by atoms with Crippen molar-refractivity contribution in [1.29, 1.82) is 0 Å². The molecule has 1 aliphatic carbocycles. The fourth-order valence-corrected chi connectivity index (χ4v) is 4.02. The highest BCUT2D eigenvalue weighted by Gasteiger charge is 2.34. The first-order chi connectivity index (χ1) is 13.0. The van der Waals surface area contributed by atoms with E-state index in [0.717, 1.165) is 52.3 Å². The van der Waals surface area contributed by atoms with Crippen molar-refractivity contribution in [2.24, 2.45) is 5.73 Å². The van der Waals surface area contributed by atoms with E-state index in [1.54, 1.807) is 7.11 Å². The first kappa shape index (κ1) is 18.2. The van der Waals surface area contributed by atoms with Crippen LogP contribution in [-0.2, 0) is 4.74 Å². The van der Waals surface area contributed by atoms with E-state index < -0.39 is 0 Å². The zero-order valence-electron chi connectivity index (χ0n) is 16.0. The third-order valence-corrected chi connectivity index (χ3v) is 5.58. The third-order valence-electron chi connectivity index (χ3n) is 5.58. The SMILES string of the molecule is CO[C@H]1C[C@@H](n2c([C@@H](N)CCO)nc3cc(-c4c(C)noc4C)ccc32)C1. The van der Waals surface area contributed by atoms with E-state index in [9.17, 15) is 5.11 Å². The van der Waals surface area contributed by atoms with Crippen molar-refractivity contribution in [3.63, 3.8) is 0 Å². The summed E-state index contributed by atoms with van der Waals surface area (Å²) in [4.78, 5) is 4.85. The predicted octanol–water partition coefficient (Wildman–Crippen LogP) is 3.04. The van der Waals surface area contributed by atoms with Crippen LogP contribution in [0.5, 0.6) is 0 Å². The largest absolute Gasteiger partial charge is 0.396 e. The summed E-state index contributed by atoms with van der Waals surface area (Å²) < 4.78 is 13.0. The van der Waals surface area contributed by atoms with Crippen LogP contribution in [0.4, 0.5) is 0 Å². The molecule has 0 aliphatic heterocycles. The molecule has 0 saturated heterocycles. The van der Waals surface area contributed by atoms with Gasteiger partial charge in [0, 0.05) is 25.3 Å². The summed E-state index contributed by atoms with van der Waals surface area (Å²) in [5, 5.41) is 13.4. The third kappa shape index (κ3) is 3.05. The molecule has 1 aromatic carbocycles. The molecule has 1 saturated carbocycles. The zero-order chi connectivity index (χ0) is 19.1. The van der Waals surface area contributed by atoms with Gasteiger partial charge in [-0.25, -0.2) is 4.98 Å². The lowest BCUT2D eigenvalue weighted by Gasteiger charge is -2.36. The van der Waals surface area contributed by atoms with Gasteiger partial charge in [-0.15, -0.1) is 0 Å². The van der Waals surface area contributed by atoms with E-state index >= 15 is 0 Å². The topological polar surface area (TPSA) is 99.3 Å². The van der Waals surface area contributed by atoms with E-state index in [1.165, 1.54) is 0 Å². The van der Waals surface area contributed by atoms with Gasteiger partial charge >= 0.3 is 0 Å². The molecule has 1 atom stereocenters. The predicted molar refractivity (Wildman–Crippen MR) is 102 cm³/mol. The van der Waals surface area contributed by atoms with Crippen molar-refractivity contribution < 1.29 is 14.4 Å². The Morgan fingerprint density at radius 2 is 2.15 bits per heavy atom. The number of nitrogens with two attached hydrogens (primary N) is 1. The second kappa shape index (κ2) is 7.07. The minimum atomic E-state index is -0.300. The van der Waals surface area contributed by atoms with Crippen LogP contribution in [0, 0.1) is 13.8 Å². The summed E-state index contributed by atoms with van der Waals surface area (Å²) in [5.41, 5.74) is 11.2. The molecule has 144 valence electrons. The molecule has 4 rings (SSSR count). The molecular weight excluding hydrogens is 344 g/mol. The monoisotopic (exact) mass is 370 g/mol. The molecule has 7 nitrogen and oxygen atoms in total. The highest BCUT2D eigenvalue weighted by molar-refractivity contribution is 5.84. The fourth-order valence-electron chi connectivity index (χ4n) is 4.02. The molecule has 1 fully saturated rings. The average molecular weight is 370 g/mol. The lowest BCUT2D eigenvalue weighted by molar-refractivity contribution is 0.00621. The number of aliphatic hydroxyl groups excluding tert-OH is 1. The number of benzene rings is 1. The van der Waals surface area contributed by atoms with Crippen LogP contribution >= 0.6 is 0 Å². The average Bonchev–Trinajstić information content (AvgIpc) is 3.14. The van der Waals surface area contributed by atoms with Crippen LogP contribution in [0.3, 0.4) is 0 Å². The molecule has 7 heteroatoms. The van der Waals surface area contributed by atoms with Gasteiger partial charge in [0.25, 0.3) is 0 Å². The van der Waals surface area contributed by atoms with Crippen LogP contribution < -0.4 is 5.73 Å². The molecule has 0 bridgehead atoms. The van der Waals surface area contributed by atoms with Crippen molar-refractivity contribution in [3.05, 3.63) is 35.5 Å². The second-order valence-corrected chi connectivity index (χ2v) is 7.34. The van der Waals surface area contributed by atoms with Gasteiger partial charge in [0.15, 0.2) is 0 Å². The number of rotatable bonds is 6. The fraction of sp³-hybridized carbons (Fsp3) is 0.500. The smallest absolute Gasteiger partial charge is 0.141 e. The Labute approximate surface area is 158 Å². The van der Waals surface area contributed by atoms with Gasteiger partial charge in [-0.3, -0.25) is 0 Å². The van der Waals surface area contributed by atoms with Crippen LogP contribution in [-0.4, -0.2) is 39.6 Å². The number of hydrogen-bond acceptors (Lipinski definition) is 6. The number of ether oxygens (including phenoxy) is 1. The standard InChI is InChI=1S/C20H26N4O3/c1-11-19(12(2)27-23-11)13-4-5-18-17(8-13)22-20(16(21)6-7-25)24(18)14-9-15(10-14)26-3/h4-5,8,14-16,25H,6-7,9-10,21H2,1-3H3/t14-,15+,16-/m0/s1. The molecule has 2 heterocycles. The van der Waals surface area contributed by atoms with Gasteiger partial charge in [0.2, 0.25) is 0 Å². The van der Waals surface area contributed by atoms with E-state index in [4.69, 9.17) is 20.0 Å². The number of hydrogen-bond donors (Lipinski definition) is 2. The molecule has 3 aromatic rings. The maximum atomic E-state index is 9.33. The number of fused-ring (bicyclic) bond motifs is 1. The Bertz CT molecular complexity index is 936. The number of imidazole rings is 1. The van der Waals surface area contributed by atoms with Crippen LogP contribution in [0.25, 0.3) is 22.2 Å². The van der Waals surface area contributed by atoms with Gasteiger partial charge in [-0.1, -0.05) is 11.2 Å². The summed E-state index contributed by atoms with van der Waals surface area (Å²) in [7, 11) is 1.75. The normalized spacial score (nSPS) is 20.8. The lowest BCUT2D eigenvalue weighted by Crippen LogP contribution is -2.34. The summed E-state index contributed by atoms with van der Waals surface area (Å²) in [6.07, 6.45) is 2.68. The highest BCUT2D eigenvalue weighted by atomic mass is 16.5. The van der Waals surface area contributed by atoms with E-state index in [-0.39, 0.29) is 18.8 Å². The zero-order valence-corrected chi connectivity index (χ0v) is 16.0. The van der Waals surface area contributed by atoms with Crippen molar-refractivity contribution in [2.75, 3.05) is 13.7 Å². The Kier molecular flexibility index (Phi) is 4.75. The molecule has 0 amide bonds. The van der Waals surface area contributed by atoms with Crippen LogP contribution in [0.1, 0.15) is 48.6 Å². The van der Waals surface area contributed by atoms with E-state index in [0.29, 0.717) is 12.5 Å². The van der Waals surface area contributed by atoms with E-state index in [1.807, 2.05) is 13.8 Å². The minimum Gasteiger partial charge on any atom is -0.396 e. The molecule has 1 aliphatic rings. The Morgan fingerprint density at radius 3 is 2.78 bits per heavy atom. The quantitative estimate of drug-likeness (QED) is 0.692. The molecule has 0 radical (unpaired) electrons. The van der Waals surface area contributed by atoms with E-state index in [2.05, 4.69) is 27.9 Å². The maximum Gasteiger partial charge on any atom is 0.141 e. The Morgan fingerprint density at radius 1 is 1.37 bits per heavy atom. The molecule has 27 heavy (non-hydrogen) atoms. The number of aliphatic hydroxyl groups is 1. The van der Waals surface area contributed by atoms with Crippen molar-refractivity contribution in [3.8, 4) is 11.1 Å². The van der Waals surface area contributed by atoms with Gasteiger partial charge < -0.3 is 24.7 Å². The number of nitrogens with zero attached hydrogens (tertiary/aromatic N) is 3. The summed E-state index contributed by atoms with van der Waals surface area (Å²) >= 11 is 0. The van der Waals surface area contributed by atoms with Crippen molar-refractivity contribution in [1.82, 2.24) is 14.7 Å². The Balaban J connectivity index is 1.81. The summed E-state index contributed by atoms with van der Waals surface area (Å²) in [6, 6.07) is 6.27. The highest BCUT2D eigenvalue weighted by Crippen LogP contribution is 2.39. The second-order valence-electron chi connectivity index (χ2n) is 7.34. The van der Waals surface area contributed by atoms with Crippen molar-refractivity contribution >= 4 is 11.0 Å². The molecule has 0 spiro atoms. The van der Waals surface area contributed by atoms with Crippen molar-refractivity contribution in [2.45, 2.75) is 51.3 Å². The first-order valence-electron chi connectivity index (χ1n) is 9.37. The number of aryl methyl sites for hydroxylation is 2. The maximum absolute atomic E-state index is 9.33. The van der Waals surface area contributed by atoms with Gasteiger partial charge in [0.05, 0.1) is 28.9 Å². The minimum absolute atomic E-state index is 0.0417. The van der Waals surface area contributed by atoms with Crippen LogP contribution in [0.15, 0.2) is 22.7 Å². The number of methoxy groups -OCH3 is 1. The molecular formula is C20H26N4O3. The Hall–Kier alpha value is -2.22. The molecule has 0 unspecified atom stereocenters. The first-order valence-corrected chi connectivity index (χ1v) is 9.37. The summed E-state index contributed by atoms with van der Waals surface area (Å²) in [6.45, 7) is 3.90. The van der Waals surface area contributed by atoms with Gasteiger partial charge in [0.1, 0.15) is 11.6 Å².